The Balaban J connectivity index is 1.06. The van der Waals surface area contributed by atoms with Crippen LogP contribution in [-0.4, -0.2) is 18.2 Å². The van der Waals surface area contributed by atoms with E-state index in [1.165, 1.54) is 21.2 Å². The number of nitrogens with one attached hydrogen (secondary N) is 2. The molecule has 0 aliphatic heterocycles. The molecule has 1 aliphatic rings. The molecule has 0 fully saturated rings. The summed E-state index contributed by atoms with van der Waals surface area (Å²) in [5.41, 5.74) is 7.35. The van der Waals surface area contributed by atoms with Crippen molar-refractivity contribution in [1.82, 2.24) is 10.6 Å². The summed E-state index contributed by atoms with van der Waals surface area (Å²) in [6.45, 7) is 3.96. The van der Waals surface area contributed by atoms with E-state index in [0.29, 0.717) is 17.7 Å². The molecule has 0 saturated heterocycles. The van der Waals surface area contributed by atoms with Crippen LogP contribution in [0.5, 0.6) is 0 Å². The molecule has 0 atom stereocenters. The fourth-order valence-electron chi connectivity index (χ4n) is 5.33. The van der Waals surface area contributed by atoms with Gasteiger partial charge in [0.25, 0.3) is 5.91 Å². The highest BCUT2D eigenvalue weighted by Gasteiger charge is 2.21. The summed E-state index contributed by atoms with van der Waals surface area (Å²) >= 11 is 1.86. The number of aryl methyl sites for hydroxylation is 1. The zero-order chi connectivity index (χ0) is 28.9. The number of hydrogen-bond acceptors (Lipinski definition) is 3. The lowest BCUT2D eigenvalue weighted by Crippen LogP contribution is -2.23. The Morgan fingerprint density at radius 1 is 0.810 bits per heavy atom. The van der Waals surface area contributed by atoms with Crippen LogP contribution >= 0.6 is 11.8 Å². The Bertz CT molecular complexity index is 1780. The number of benzene rings is 5. The number of carbonyl (C=O) groups is 1. The van der Waals surface area contributed by atoms with Crippen LogP contribution in [0.1, 0.15) is 27.8 Å². The van der Waals surface area contributed by atoms with Gasteiger partial charge < -0.3 is 10.6 Å². The molecule has 2 N–H and O–H groups in total. The molecule has 0 unspecified atom stereocenters. The van der Waals surface area contributed by atoms with E-state index in [1.54, 1.807) is 19.1 Å². The van der Waals surface area contributed by atoms with Gasteiger partial charge in [-0.15, -0.1) is 11.8 Å². The van der Waals surface area contributed by atoms with Gasteiger partial charge in [-0.1, -0.05) is 72.8 Å². The lowest BCUT2D eigenvalue weighted by molar-refractivity contribution is -0.115. The Labute approximate surface area is 250 Å². The minimum atomic E-state index is -0.224. The van der Waals surface area contributed by atoms with Gasteiger partial charge >= 0.3 is 0 Å². The van der Waals surface area contributed by atoms with Gasteiger partial charge in [-0.25, -0.2) is 4.39 Å². The number of rotatable bonds is 10. The van der Waals surface area contributed by atoms with E-state index in [0.717, 1.165) is 53.1 Å². The van der Waals surface area contributed by atoms with Crippen molar-refractivity contribution in [3.63, 3.8) is 0 Å². The van der Waals surface area contributed by atoms with Crippen molar-refractivity contribution >= 4 is 34.0 Å². The van der Waals surface area contributed by atoms with Gasteiger partial charge in [0.15, 0.2) is 0 Å². The monoisotopic (exact) mass is 572 g/mol. The standard InChI is InChI=1S/C37H33FN2OS/c1-25-7-10-31(22-36(25)38)30-14-13-29-15-16-34(35(29)21-30)37(41)40-24-27-9-12-28-11-8-26(19-32(28)20-27)23-39-17-18-42-33-5-3-2-4-6-33/h2-14,16,19-22,39H,15,17-18,23-24H2,1H3,(H,40,41). The zero-order valence-electron chi connectivity index (χ0n) is 23.6. The molecule has 0 bridgehead atoms. The van der Waals surface area contributed by atoms with Gasteiger partial charge in [0.05, 0.1) is 0 Å². The van der Waals surface area contributed by atoms with Crippen molar-refractivity contribution in [3.05, 3.63) is 143 Å². The Hall–Kier alpha value is -4.19. The van der Waals surface area contributed by atoms with Crippen LogP contribution in [0.25, 0.3) is 27.5 Å². The summed E-state index contributed by atoms with van der Waals surface area (Å²) in [4.78, 5) is 14.6. The third kappa shape index (κ3) is 6.48. The SMILES string of the molecule is Cc1ccc(-c2ccc3c(c2)C(C(=O)NCc2ccc4ccc(CNCCSc5ccccc5)cc4c2)=CC3)cc1F. The van der Waals surface area contributed by atoms with Gasteiger partial charge in [-0.2, -0.15) is 0 Å². The summed E-state index contributed by atoms with van der Waals surface area (Å²) in [5, 5.41) is 9.01. The number of halogens is 1. The zero-order valence-corrected chi connectivity index (χ0v) is 24.4. The second kappa shape index (κ2) is 12.8. The Kier molecular flexibility index (Phi) is 8.50. The quantitative estimate of drug-likeness (QED) is 0.131. The van der Waals surface area contributed by atoms with Crippen LogP contribution < -0.4 is 10.6 Å². The van der Waals surface area contributed by atoms with Gasteiger partial charge in [0, 0.05) is 35.9 Å². The van der Waals surface area contributed by atoms with Crippen molar-refractivity contribution < 1.29 is 9.18 Å². The molecule has 5 heteroatoms. The van der Waals surface area contributed by atoms with Crippen LogP contribution in [0, 0.1) is 12.7 Å². The first-order valence-corrected chi connectivity index (χ1v) is 15.3. The molecule has 0 heterocycles. The molecule has 3 nitrogen and oxygen atoms in total. The molecule has 5 aromatic rings. The number of carbonyl (C=O) groups excluding carboxylic acids is 1. The van der Waals surface area contributed by atoms with Crippen molar-refractivity contribution in [2.24, 2.45) is 0 Å². The van der Waals surface area contributed by atoms with Crippen molar-refractivity contribution in [2.75, 3.05) is 12.3 Å². The molecule has 0 spiro atoms. The van der Waals surface area contributed by atoms with E-state index < -0.39 is 0 Å². The summed E-state index contributed by atoms with van der Waals surface area (Å²) < 4.78 is 14.2. The summed E-state index contributed by atoms with van der Waals surface area (Å²) in [6, 6.07) is 34.7. The Morgan fingerprint density at radius 3 is 2.33 bits per heavy atom. The molecule has 1 aliphatic carbocycles. The molecule has 0 radical (unpaired) electrons. The number of hydrogen-bond donors (Lipinski definition) is 2. The third-order valence-corrected chi connectivity index (χ3v) is 8.73. The first-order valence-electron chi connectivity index (χ1n) is 14.3. The van der Waals surface area contributed by atoms with Crippen LogP contribution in [0.3, 0.4) is 0 Å². The molecule has 0 saturated carbocycles. The lowest BCUT2D eigenvalue weighted by atomic mass is 9.97. The van der Waals surface area contributed by atoms with Crippen LogP contribution in [0.4, 0.5) is 4.39 Å². The second-order valence-corrected chi connectivity index (χ2v) is 11.9. The maximum absolute atomic E-state index is 14.2. The predicted octanol–water partition coefficient (Wildman–Crippen LogP) is 8.09. The van der Waals surface area contributed by atoms with Gasteiger partial charge in [-0.05, 0) is 99.5 Å². The number of fused-ring (bicyclic) bond motifs is 2. The van der Waals surface area contributed by atoms with E-state index in [-0.39, 0.29) is 11.7 Å². The van der Waals surface area contributed by atoms with E-state index in [2.05, 4.69) is 71.3 Å². The average Bonchev–Trinajstić information content (AvgIpc) is 3.45. The maximum Gasteiger partial charge on any atom is 0.251 e. The van der Waals surface area contributed by atoms with E-state index >= 15 is 0 Å². The highest BCUT2D eigenvalue weighted by atomic mass is 32.2. The highest BCUT2D eigenvalue weighted by Crippen LogP contribution is 2.32. The van der Waals surface area contributed by atoms with Crippen LogP contribution in [0.2, 0.25) is 0 Å². The first kappa shape index (κ1) is 28.0. The average molecular weight is 573 g/mol. The molecule has 6 rings (SSSR count). The Morgan fingerprint density at radius 2 is 1.55 bits per heavy atom. The van der Waals surface area contributed by atoms with E-state index in [9.17, 15) is 9.18 Å². The highest BCUT2D eigenvalue weighted by molar-refractivity contribution is 7.99. The molecular formula is C37H33FN2OS. The second-order valence-electron chi connectivity index (χ2n) is 10.7. The minimum Gasteiger partial charge on any atom is -0.348 e. The van der Waals surface area contributed by atoms with E-state index in [4.69, 9.17) is 0 Å². The van der Waals surface area contributed by atoms with Gasteiger partial charge in [0.1, 0.15) is 5.82 Å². The van der Waals surface area contributed by atoms with E-state index in [1.807, 2.05) is 48.2 Å². The summed E-state index contributed by atoms with van der Waals surface area (Å²) in [5.74, 6) is 0.708. The summed E-state index contributed by atoms with van der Waals surface area (Å²) in [6.07, 6.45) is 2.70. The fourth-order valence-corrected chi connectivity index (χ4v) is 6.16. The van der Waals surface area contributed by atoms with Crippen LogP contribution in [0.15, 0.2) is 114 Å². The van der Waals surface area contributed by atoms with Crippen molar-refractivity contribution in [2.45, 2.75) is 31.3 Å². The third-order valence-electron chi connectivity index (χ3n) is 7.72. The molecule has 1 amide bonds. The van der Waals surface area contributed by atoms with Crippen molar-refractivity contribution in [1.29, 1.82) is 0 Å². The topological polar surface area (TPSA) is 41.1 Å². The molecule has 210 valence electrons. The number of thioether (sulfide) groups is 1. The molecular weight excluding hydrogens is 539 g/mol. The summed E-state index contributed by atoms with van der Waals surface area (Å²) in [7, 11) is 0. The largest absolute Gasteiger partial charge is 0.348 e. The van der Waals surface area contributed by atoms with Crippen molar-refractivity contribution in [3.8, 4) is 11.1 Å². The normalized spacial score (nSPS) is 12.3. The number of amides is 1. The fraction of sp³-hybridized carbons (Fsp3) is 0.162. The molecule has 0 aromatic heterocycles. The lowest BCUT2D eigenvalue weighted by Gasteiger charge is -2.11. The molecule has 5 aromatic carbocycles. The van der Waals surface area contributed by atoms with Gasteiger partial charge in [0.2, 0.25) is 0 Å². The first-order chi connectivity index (χ1) is 20.5. The smallest absolute Gasteiger partial charge is 0.251 e. The van der Waals surface area contributed by atoms with Gasteiger partial charge in [-0.3, -0.25) is 4.79 Å². The minimum absolute atomic E-state index is 0.0904. The number of allylic oxidation sites excluding steroid dienone is 1. The molecule has 42 heavy (non-hydrogen) atoms. The predicted molar refractivity (Wildman–Crippen MR) is 173 cm³/mol. The maximum atomic E-state index is 14.2. The van der Waals surface area contributed by atoms with Crippen LogP contribution in [-0.2, 0) is 24.3 Å².